The monoisotopic (exact) mass is 315 g/mol. The predicted octanol–water partition coefficient (Wildman–Crippen LogP) is 3.13. The highest BCUT2D eigenvalue weighted by Gasteiger charge is 2.27. The number of aromatic amines is 1. The van der Waals surface area contributed by atoms with Gasteiger partial charge < -0.3 is 5.11 Å². The van der Waals surface area contributed by atoms with Crippen molar-refractivity contribution >= 4 is 18.4 Å². The zero-order valence-corrected chi connectivity index (χ0v) is 13.0. The molecule has 2 N–H and O–H groups in total. The number of hydrogen-bond donors (Lipinski definition) is 2. The SMILES string of the molecule is CC(N=Cc1c(O)n(C2CC2)c(=S)[nH]c1=O)c1ccccc1. The number of aromatic hydroxyl groups is 1. The normalized spacial score (nSPS) is 16.0. The van der Waals surface area contributed by atoms with Gasteiger partial charge in [-0.15, -0.1) is 0 Å². The minimum atomic E-state index is -0.414. The van der Waals surface area contributed by atoms with Crippen LogP contribution in [0.5, 0.6) is 5.88 Å². The highest BCUT2D eigenvalue weighted by atomic mass is 32.1. The Kier molecular flexibility index (Phi) is 3.94. The van der Waals surface area contributed by atoms with E-state index in [-0.39, 0.29) is 28.3 Å². The first-order valence-electron chi connectivity index (χ1n) is 7.24. The van der Waals surface area contributed by atoms with E-state index in [2.05, 4.69) is 9.98 Å². The Morgan fingerprint density at radius 3 is 2.73 bits per heavy atom. The molecule has 0 amide bonds. The lowest BCUT2D eigenvalue weighted by Crippen LogP contribution is -2.18. The van der Waals surface area contributed by atoms with Gasteiger partial charge in [-0.05, 0) is 37.5 Å². The van der Waals surface area contributed by atoms with Gasteiger partial charge in [0.25, 0.3) is 5.56 Å². The van der Waals surface area contributed by atoms with Gasteiger partial charge in [-0.25, -0.2) is 0 Å². The maximum atomic E-state index is 12.0. The minimum absolute atomic E-state index is 0.0970. The van der Waals surface area contributed by atoms with Crippen molar-refractivity contribution in [2.24, 2.45) is 4.99 Å². The first-order chi connectivity index (χ1) is 10.6. The van der Waals surface area contributed by atoms with E-state index < -0.39 is 5.56 Å². The summed E-state index contributed by atoms with van der Waals surface area (Å²) in [6, 6.07) is 9.86. The average molecular weight is 315 g/mol. The second-order valence-corrected chi connectivity index (χ2v) is 5.85. The van der Waals surface area contributed by atoms with Gasteiger partial charge in [0.15, 0.2) is 4.77 Å². The van der Waals surface area contributed by atoms with Crippen LogP contribution in [-0.4, -0.2) is 20.9 Å². The molecule has 2 aromatic rings. The van der Waals surface area contributed by atoms with Crippen LogP contribution in [0.2, 0.25) is 0 Å². The molecule has 0 bridgehead atoms. The van der Waals surface area contributed by atoms with Crippen LogP contribution in [0.25, 0.3) is 0 Å². The van der Waals surface area contributed by atoms with Gasteiger partial charge >= 0.3 is 0 Å². The first kappa shape index (κ1) is 14.7. The van der Waals surface area contributed by atoms with Crippen molar-refractivity contribution in [2.75, 3.05) is 0 Å². The molecule has 5 nitrogen and oxygen atoms in total. The molecule has 1 aliphatic carbocycles. The van der Waals surface area contributed by atoms with Crippen LogP contribution < -0.4 is 5.56 Å². The summed E-state index contributed by atoms with van der Waals surface area (Å²) in [6.45, 7) is 1.94. The van der Waals surface area contributed by atoms with Gasteiger partial charge in [0.2, 0.25) is 5.88 Å². The van der Waals surface area contributed by atoms with E-state index in [1.807, 2.05) is 37.3 Å². The lowest BCUT2D eigenvalue weighted by Gasteiger charge is -2.10. The van der Waals surface area contributed by atoms with Gasteiger partial charge in [0.05, 0.1) is 6.04 Å². The molecule has 1 aromatic heterocycles. The number of H-pyrrole nitrogens is 1. The Balaban J connectivity index is 1.95. The molecule has 1 unspecified atom stereocenters. The number of nitrogens with zero attached hydrogens (tertiary/aromatic N) is 2. The van der Waals surface area contributed by atoms with Crippen molar-refractivity contribution in [3.8, 4) is 5.88 Å². The van der Waals surface area contributed by atoms with E-state index >= 15 is 0 Å². The highest BCUT2D eigenvalue weighted by molar-refractivity contribution is 7.71. The number of aromatic nitrogens is 2. The lowest BCUT2D eigenvalue weighted by molar-refractivity contribution is 0.405. The largest absolute Gasteiger partial charge is 0.494 e. The Hall–Kier alpha value is -2.21. The molecule has 1 aromatic carbocycles. The van der Waals surface area contributed by atoms with Crippen molar-refractivity contribution in [3.63, 3.8) is 0 Å². The molecule has 0 spiro atoms. The molecule has 1 fully saturated rings. The summed E-state index contributed by atoms with van der Waals surface area (Å²) in [5.74, 6) is -0.0970. The van der Waals surface area contributed by atoms with E-state index in [0.717, 1.165) is 18.4 Å². The van der Waals surface area contributed by atoms with Gasteiger partial charge in [0.1, 0.15) is 5.56 Å². The number of aliphatic imine (C=N–C) groups is 1. The Bertz CT molecular complexity index is 820. The molecule has 114 valence electrons. The summed E-state index contributed by atoms with van der Waals surface area (Å²) in [7, 11) is 0. The fourth-order valence-electron chi connectivity index (χ4n) is 2.34. The summed E-state index contributed by atoms with van der Waals surface area (Å²) < 4.78 is 1.86. The van der Waals surface area contributed by atoms with E-state index in [9.17, 15) is 9.90 Å². The second kappa shape index (κ2) is 5.88. The summed E-state index contributed by atoms with van der Waals surface area (Å²) >= 11 is 5.12. The third-order valence-corrected chi connectivity index (χ3v) is 4.07. The first-order valence-corrected chi connectivity index (χ1v) is 7.64. The van der Waals surface area contributed by atoms with Crippen LogP contribution in [0, 0.1) is 4.77 Å². The van der Waals surface area contributed by atoms with Gasteiger partial charge in [-0.1, -0.05) is 30.3 Å². The van der Waals surface area contributed by atoms with E-state index in [1.165, 1.54) is 6.21 Å². The number of nitrogens with one attached hydrogen (secondary N) is 1. The third-order valence-electron chi connectivity index (χ3n) is 3.77. The second-order valence-electron chi connectivity index (χ2n) is 5.46. The molecular formula is C16H17N3O2S. The van der Waals surface area contributed by atoms with E-state index in [1.54, 1.807) is 4.57 Å². The van der Waals surface area contributed by atoms with Gasteiger partial charge in [0, 0.05) is 12.3 Å². The van der Waals surface area contributed by atoms with E-state index in [0.29, 0.717) is 0 Å². The van der Waals surface area contributed by atoms with Crippen LogP contribution in [-0.2, 0) is 0 Å². The summed E-state index contributed by atoms with van der Waals surface area (Å²) in [5, 5.41) is 10.3. The Labute approximate surface area is 133 Å². The fourth-order valence-corrected chi connectivity index (χ4v) is 2.67. The molecule has 1 atom stereocenters. The van der Waals surface area contributed by atoms with Gasteiger partial charge in [-0.2, -0.15) is 0 Å². The molecular weight excluding hydrogens is 298 g/mol. The zero-order valence-electron chi connectivity index (χ0n) is 12.2. The molecule has 0 saturated heterocycles. The number of benzene rings is 1. The van der Waals surface area contributed by atoms with Crippen molar-refractivity contribution in [1.29, 1.82) is 0 Å². The smallest absolute Gasteiger partial charge is 0.264 e. The Morgan fingerprint density at radius 1 is 1.41 bits per heavy atom. The maximum Gasteiger partial charge on any atom is 0.264 e. The molecule has 0 aliphatic heterocycles. The number of hydrogen-bond acceptors (Lipinski definition) is 4. The maximum absolute atomic E-state index is 12.0. The standard InChI is InChI=1S/C16H17N3O2S/c1-10(11-5-3-2-4-6-11)17-9-13-14(20)18-16(22)19(15(13)21)12-7-8-12/h2-6,9-10,12,21H,7-8H2,1H3,(H,18,20,22). The summed E-state index contributed by atoms with van der Waals surface area (Å²) in [6.07, 6.45) is 3.36. The Morgan fingerprint density at radius 2 is 2.09 bits per heavy atom. The van der Waals surface area contributed by atoms with E-state index in [4.69, 9.17) is 12.2 Å². The van der Waals surface area contributed by atoms with Crippen molar-refractivity contribution in [1.82, 2.24) is 9.55 Å². The minimum Gasteiger partial charge on any atom is -0.494 e. The molecule has 22 heavy (non-hydrogen) atoms. The zero-order chi connectivity index (χ0) is 15.7. The molecule has 3 rings (SSSR count). The van der Waals surface area contributed by atoms with Crippen molar-refractivity contribution in [3.05, 3.63) is 56.6 Å². The molecule has 6 heteroatoms. The summed E-state index contributed by atoms with van der Waals surface area (Å²) in [4.78, 5) is 19.0. The van der Waals surface area contributed by atoms with Crippen LogP contribution >= 0.6 is 12.2 Å². The van der Waals surface area contributed by atoms with Crippen molar-refractivity contribution < 1.29 is 5.11 Å². The number of rotatable bonds is 4. The average Bonchev–Trinajstić information content (AvgIpc) is 3.32. The molecule has 1 heterocycles. The predicted molar refractivity (Wildman–Crippen MR) is 88.3 cm³/mol. The third kappa shape index (κ3) is 2.87. The molecule has 1 saturated carbocycles. The van der Waals surface area contributed by atoms with Crippen LogP contribution in [0.1, 0.15) is 43.0 Å². The van der Waals surface area contributed by atoms with Crippen LogP contribution in [0.4, 0.5) is 0 Å². The quantitative estimate of drug-likeness (QED) is 0.672. The fraction of sp³-hybridized carbons (Fsp3) is 0.312. The molecule has 1 aliphatic rings. The van der Waals surface area contributed by atoms with Gasteiger partial charge in [-0.3, -0.25) is 19.3 Å². The highest BCUT2D eigenvalue weighted by Crippen LogP contribution is 2.37. The van der Waals surface area contributed by atoms with Crippen molar-refractivity contribution in [2.45, 2.75) is 31.8 Å². The van der Waals surface area contributed by atoms with Crippen LogP contribution in [0.3, 0.4) is 0 Å². The summed E-state index contributed by atoms with van der Waals surface area (Å²) in [5.41, 5.74) is 0.788. The van der Waals surface area contributed by atoms with Crippen LogP contribution in [0.15, 0.2) is 40.1 Å². The topological polar surface area (TPSA) is 70.4 Å². The molecule has 0 radical (unpaired) electrons. The lowest BCUT2D eigenvalue weighted by atomic mass is 10.1.